The van der Waals surface area contributed by atoms with Crippen LogP contribution < -0.4 is 14.8 Å². The van der Waals surface area contributed by atoms with E-state index in [0.717, 1.165) is 21.9 Å². The van der Waals surface area contributed by atoms with Crippen molar-refractivity contribution in [1.82, 2.24) is 14.8 Å². The van der Waals surface area contributed by atoms with E-state index >= 15 is 0 Å². The molecule has 2 amide bonds. The van der Waals surface area contributed by atoms with Gasteiger partial charge in [-0.25, -0.2) is 4.98 Å². The molecule has 9 nitrogen and oxygen atoms in total. The first kappa shape index (κ1) is 31.2. The summed E-state index contributed by atoms with van der Waals surface area (Å²) >= 11 is 1.53. The number of aromatic nitrogens is 1. The number of hydrogen-bond acceptors (Lipinski definition) is 8. The minimum absolute atomic E-state index is 0.0680. The Bertz CT molecular complexity index is 1560. The molecule has 2 N–H and O–H groups in total. The van der Waals surface area contributed by atoms with Crippen molar-refractivity contribution < 1.29 is 24.2 Å². The number of thiazole rings is 1. The highest BCUT2D eigenvalue weighted by molar-refractivity contribution is 7.13. The molecular formula is C34H38N4O5S. The van der Waals surface area contributed by atoms with E-state index in [1.165, 1.54) is 11.3 Å². The highest BCUT2D eigenvalue weighted by Crippen LogP contribution is 2.35. The van der Waals surface area contributed by atoms with Gasteiger partial charge in [0.25, 0.3) is 11.8 Å². The number of ether oxygens (including phenoxy) is 2. The molecule has 1 aliphatic heterocycles. The predicted octanol–water partition coefficient (Wildman–Crippen LogP) is 5.42. The average molecular weight is 615 g/mol. The van der Waals surface area contributed by atoms with E-state index in [2.05, 4.69) is 15.2 Å². The molecule has 44 heavy (non-hydrogen) atoms. The third-order valence-electron chi connectivity index (χ3n) is 7.87. The summed E-state index contributed by atoms with van der Waals surface area (Å²) in [7, 11) is 3.68. The molecule has 1 aliphatic rings. The molecule has 230 valence electrons. The number of carbonyl (C=O) groups excluding carboxylic acids is 2. The molecule has 0 aliphatic carbocycles. The standard InChI is InChI=1S/C34H38N4O5S/c1-22-18-38(23(2)21-39)34(41)28-6-5-7-29(36-32(40)25-10-12-26(13-11-25)33-35-16-17-44-33)31(28)43-30(22)20-37(3)19-24-8-14-27(42-4)15-9-24/h5-17,22-23,30,39H,18-21H2,1-4H3,(H,36,40)/t22-,23-,30+/m1/s1. The normalized spacial score (nSPS) is 17.3. The zero-order valence-corrected chi connectivity index (χ0v) is 26.2. The molecule has 1 aromatic heterocycles. The lowest BCUT2D eigenvalue weighted by molar-refractivity contribution is 0.0343. The van der Waals surface area contributed by atoms with Crippen molar-refractivity contribution in [3.05, 3.63) is 95.0 Å². The number of anilines is 1. The fraction of sp³-hybridized carbons (Fsp3) is 0.324. The largest absolute Gasteiger partial charge is 0.497 e. The summed E-state index contributed by atoms with van der Waals surface area (Å²) in [6, 6.07) is 20.0. The molecule has 0 bridgehead atoms. The number of amides is 2. The number of nitrogens with one attached hydrogen (secondary N) is 1. The van der Waals surface area contributed by atoms with Crippen molar-refractivity contribution in [2.75, 3.05) is 39.2 Å². The number of aliphatic hydroxyl groups is 1. The summed E-state index contributed by atoms with van der Waals surface area (Å²) in [6.07, 6.45) is 1.44. The number of rotatable bonds is 10. The predicted molar refractivity (Wildman–Crippen MR) is 172 cm³/mol. The maximum Gasteiger partial charge on any atom is 0.258 e. The third-order valence-corrected chi connectivity index (χ3v) is 8.69. The second kappa shape index (κ2) is 14.0. The molecule has 3 aromatic carbocycles. The van der Waals surface area contributed by atoms with Crippen LogP contribution in [0, 0.1) is 5.92 Å². The van der Waals surface area contributed by atoms with E-state index in [1.54, 1.807) is 48.5 Å². The number of para-hydroxylation sites is 1. The van der Waals surface area contributed by atoms with Crippen LogP contribution in [0.4, 0.5) is 5.69 Å². The minimum atomic E-state index is -0.386. The molecule has 2 heterocycles. The molecule has 3 atom stereocenters. The first-order valence-electron chi connectivity index (χ1n) is 14.6. The van der Waals surface area contributed by atoms with Gasteiger partial charge in [-0.2, -0.15) is 0 Å². The van der Waals surface area contributed by atoms with Gasteiger partial charge in [-0.05, 0) is 55.9 Å². The Labute approximate surface area is 262 Å². The summed E-state index contributed by atoms with van der Waals surface area (Å²) in [4.78, 5) is 35.4. The molecule has 0 fully saturated rings. The Morgan fingerprint density at radius 2 is 1.93 bits per heavy atom. The molecule has 0 saturated carbocycles. The van der Waals surface area contributed by atoms with Crippen LogP contribution in [0.25, 0.3) is 10.6 Å². The average Bonchev–Trinajstić information content (AvgIpc) is 3.58. The number of likely N-dealkylation sites (N-methyl/N-ethyl adjacent to an activating group) is 1. The second-order valence-electron chi connectivity index (χ2n) is 11.2. The van der Waals surface area contributed by atoms with Gasteiger partial charge in [-0.15, -0.1) is 11.3 Å². The van der Waals surface area contributed by atoms with Gasteiger partial charge in [0.05, 0.1) is 31.0 Å². The van der Waals surface area contributed by atoms with Crippen LogP contribution in [0.1, 0.15) is 40.1 Å². The first-order chi connectivity index (χ1) is 21.3. The van der Waals surface area contributed by atoms with Gasteiger partial charge in [0, 0.05) is 48.3 Å². The lowest BCUT2D eigenvalue weighted by Gasteiger charge is -2.38. The number of fused-ring (bicyclic) bond motifs is 1. The molecule has 0 radical (unpaired) electrons. The quantitative estimate of drug-likeness (QED) is 0.246. The lowest BCUT2D eigenvalue weighted by Crippen LogP contribution is -2.49. The van der Waals surface area contributed by atoms with Crippen LogP contribution in [-0.4, -0.2) is 77.7 Å². The van der Waals surface area contributed by atoms with Gasteiger partial charge >= 0.3 is 0 Å². The fourth-order valence-corrected chi connectivity index (χ4v) is 5.94. The Balaban J connectivity index is 1.42. The topological polar surface area (TPSA) is 104 Å². The van der Waals surface area contributed by atoms with Gasteiger partial charge in [0.15, 0.2) is 5.75 Å². The van der Waals surface area contributed by atoms with E-state index in [-0.39, 0.29) is 36.5 Å². The van der Waals surface area contributed by atoms with Crippen LogP contribution in [0.5, 0.6) is 11.5 Å². The number of hydrogen-bond donors (Lipinski definition) is 2. The van der Waals surface area contributed by atoms with Gasteiger partial charge in [0.2, 0.25) is 0 Å². The number of benzene rings is 3. The van der Waals surface area contributed by atoms with Gasteiger partial charge in [-0.1, -0.05) is 37.3 Å². The molecule has 0 unspecified atom stereocenters. The molecule has 5 rings (SSSR count). The highest BCUT2D eigenvalue weighted by atomic mass is 32.1. The van der Waals surface area contributed by atoms with E-state index < -0.39 is 0 Å². The van der Waals surface area contributed by atoms with Crippen molar-refractivity contribution in [1.29, 1.82) is 0 Å². The summed E-state index contributed by atoms with van der Waals surface area (Å²) in [5, 5.41) is 15.8. The van der Waals surface area contributed by atoms with E-state index in [0.29, 0.717) is 42.2 Å². The minimum Gasteiger partial charge on any atom is -0.497 e. The van der Waals surface area contributed by atoms with Crippen LogP contribution >= 0.6 is 11.3 Å². The summed E-state index contributed by atoms with van der Waals surface area (Å²) in [5.41, 5.74) is 3.30. The first-order valence-corrected chi connectivity index (χ1v) is 15.5. The monoisotopic (exact) mass is 614 g/mol. The van der Waals surface area contributed by atoms with Crippen LogP contribution in [0.3, 0.4) is 0 Å². The Morgan fingerprint density at radius 1 is 1.18 bits per heavy atom. The van der Waals surface area contributed by atoms with Crippen molar-refractivity contribution in [2.24, 2.45) is 5.92 Å². The van der Waals surface area contributed by atoms with Crippen molar-refractivity contribution in [3.63, 3.8) is 0 Å². The van der Waals surface area contributed by atoms with E-state index in [4.69, 9.17) is 9.47 Å². The summed E-state index contributed by atoms with van der Waals surface area (Å²) in [5.74, 6) is 0.500. The molecule has 10 heteroatoms. The molecule has 0 spiro atoms. The van der Waals surface area contributed by atoms with Gasteiger partial charge < -0.3 is 24.8 Å². The maximum absolute atomic E-state index is 13.8. The van der Waals surface area contributed by atoms with Crippen LogP contribution in [-0.2, 0) is 6.54 Å². The van der Waals surface area contributed by atoms with Crippen molar-refractivity contribution >= 4 is 28.8 Å². The van der Waals surface area contributed by atoms with Gasteiger partial charge in [-0.3, -0.25) is 14.5 Å². The fourth-order valence-electron chi connectivity index (χ4n) is 5.30. The second-order valence-corrected chi connectivity index (χ2v) is 12.1. The van der Waals surface area contributed by atoms with Crippen molar-refractivity contribution in [2.45, 2.75) is 32.5 Å². The van der Waals surface area contributed by atoms with Gasteiger partial charge in [0.1, 0.15) is 16.9 Å². The smallest absolute Gasteiger partial charge is 0.258 e. The highest BCUT2D eigenvalue weighted by Gasteiger charge is 2.34. The van der Waals surface area contributed by atoms with Crippen LogP contribution in [0.2, 0.25) is 0 Å². The summed E-state index contributed by atoms with van der Waals surface area (Å²) < 4.78 is 12.0. The Hall–Kier alpha value is -4.25. The van der Waals surface area contributed by atoms with E-state index in [9.17, 15) is 14.7 Å². The Kier molecular flexibility index (Phi) is 9.94. The third kappa shape index (κ3) is 7.10. The number of carbonyl (C=O) groups is 2. The van der Waals surface area contributed by atoms with Crippen LogP contribution in [0.15, 0.2) is 78.3 Å². The van der Waals surface area contributed by atoms with E-state index in [1.807, 2.05) is 62.7 Å². The maximum atomic E-state index is 13.8. The Morgan fingerprint density at radius 3 is 2.59 bits per heavy atom. The summed E-state index contributed by atoms with van der Waals surface area (Å²) in [6.45, 7) is 5.40. The molecule has 4 aromatic rings. The zero-order chi connectivity index (χ0) is 31.2. The SMILES string of the molecule is COc1ccc(CN(C)C[C@@H]2Oc3c(NC(=O)c4ccc(-c5nccs5)cc4)cccc3C(=O)N([C@H](C)CO)C[C@H]2C)cc1. The molecular weight excluding hydrogens is 576 g/mol. The lowest BCUT2D eigenvalue weighted by atomic mass is 9.98. The number of aliphatic hydroxyl groups excluding tert-OH is 1. The number of nitrogens with zero attached hydrogens (tertiary/aromatic N) is 3. The van der Waals surface area contributed by atoms with Crippen molar-refractivity contribution in [3.8, 4) is 22.1 Å². The zero-order valence-electron chi connectivity index (χ0n) is 25.4. The number of methoxy groups -OCH3 is 1. The molecule has 0 saturated heterocycles.